The summed E-state index contributed by atoms with van der Waals surface area (Å²) in [5, 5.41) is 10.8. The molecule has 2 aromatic heterocycles. The number of nitrogens with zero attached hydrogens (tertiary/aromatic N) is 13. The number of likely N-dealkylation sites (tertiary alicyclic amines) is 2. The molecule has 0 amide bonds. The van der Waals surface area contributed by atoms with Crippen LogP contribution in [0.25, 0.3) is 0 Å². The summed E-state index contributed by atoms with van der Waals surface area (Å²) in [4.78, 5) is 45.8. The molecule has 79 heavy (non-hydrogen) atoms. The van der Waals surface area contributed by atoms with Crippen molar-refractivity contribution in [2.75, 3.05) is 95.5 Å². The molecule has 0 aliphatic carbocycles. The third-order valence-corrected chi connectivity index (χ3v) is 19.0. The van der Waals surface area contributed by atoms with Crippen LogP contribution in [0.4, 0.5) is 23.8 Å². The fourth-order valence-corrected chi connectivity index (χ4v) is 15.0. The molecule has 0 radical (unpaired) electrons. The van der Waals surface area contributed by atoms with E-state index in [9.17, 15) is 0 Å². The van der Waals surface area contributed by atoms with E-state index in [1.165, 1.54) is 77.3 Å². The maximum Gasteiger partial charge on any atom is 0.230 e. The van der Waals surface area contributed by atoms with E-state index in [4.69, 9.17) is 19.9 Å². The molecular formula is C63H122N16. The zero-order chi connectivity index (χ0) is 59.3. The zero-order valence-electron chi connectivity index (χ0n) is 55.8. The Morgan fingerprint density at radius 3 is 1.09 bits per heavy atom. The Morgan fingerprint density at radius 1 is 0.405 bits per heavy atom. The fraction of sp³-hybridized carbons (Fsp3) is 0.905. The van der Waals surface area contributed by atoms with Gasteiger partial charge < -0.3 is 40.4 Å². The van der Waals surface area contributed by atoms with Crippen LogP contribution < -0.4 is 30.7 Å². The topological polar surface area (TPSA) is 136 Å². The number of hydrogen-bond acceptors (Lipinski definition) is 16. The predicted molar refractivity (Wildman–Crippen MR) is 336 cm³/mol. The second kappa shape index (κ2) is 26.3. The van der Waals surface area contributed by atoms with Crippen LogP contribution in [-0.2, 0) is 0 Å². The lowest BCUT2D eigenvalue weighted by molar-refractivity contribution is -0.0426. The first-order valence-electron chi connectivity index (χ1n) is 31.1. The Balaban J connectivity index is 0.000000291. The molecule has 4 aliphatic heterocycles. The van der Waals surface area contributed by atoms with E-state index in [1.54, 1.807) is 0 Å². The minimum absolute atomic E-state index is 0.0704. The van der Waals surface area contributed by atoms with E-state index in [-0.39, 0.29) is 44.3 Å². The van der Waals surface area contributed by atoms with Crippen molar-refractivity contribution in [2.24, 2.45) is 0 Å². The molecule has 4 fully saturated rings. The molecule has 6 heterocycles. The Bertz CT molecular complexity index is 2150. The summed E-state index contributed by atoms with van der Waals surface area (Å²) < 4.78 is 0. The van der Waals surface area contributed by atoms with Crippen molar-refractivity contribution >= 4 is 23.8 Å². The van der Waals surface area contributed by atoms with E-state index in [0.29, 0.717) is 30.1 Å². The lowest BCUT2D eigenvalue weighted by atomic mass is 9.77. The number of aryl methyl sites for hydroxylation is 2. The molecule has 0 spiro atoms. The Kier molecular flexibility index (Phi) is 22.2. The van der Waals surface area contributed by atoms with Gasteiger partial charge in [-0.15, -0.1) is 0 Å². The number of nitrogens with one attached hydrogen (secondary N) is 3. The molecule has 6 rings (SSSR count). The highest BCUT2D eigenvalue weighted by Crippen LogP contribution is 2.42. The number of aromatic nitrogens is 6. The molecule has 0 unspecified atom stereocenters. The standard InChI is InChI=1S/C33H64N8.C30H58N8/c1-25-34-28(37(10)11)36-29(35-25)41(27-23-32(6,7)40(14)33(8,9)24-27)20-18-16-15-17-19-38(12)26-21-30(2,3)39(13)31(4,5)22-26;1-22-32-25(31-10)34-26(33-22)38(24-20-29(6,7)36-30(8,9)21-24)17-15-13-12-14-16-37(11)23-18-27(2,3)35-28(4,5)19-23/h26-27H,15-24H2,1-14H3;23-24,35-36H,12-21H2,1-11H3,(H,31,32,33,34). The second-order valence-electron chi connectivity index (χ2n) is 30.7. The van der Waals surface area contributed by atoms with Gasteiger partial charge in [-0.1, -0.05) is 25.7 Å². The number of piperidine rings is 4. The highest BCUT2D eigenvalue weighted by Gasteiger charge is 2.47. The molecule has 4 aliphatic rings. The Hall–Kier alpha value is -3.02. The first kappa shape index (κ1) is 66.8. The largest absolute Gasteiger partial charge is 0.357 e. The first-order chi connectivity index (χ1) is 36.3. The molecule has 3 N–H and O–H groups in total. The van der Waals surface area contributed by atoms with Gasteiger partial charge in [0.2, 0.25) is 23.8 Å². The Morgan fingerprint density at radius 2 is 0.709 bits per heavy atom. The molecule has 454 valence electrons. The lowest BCUT2D eigenvalue weighted by Crippen LogP contribution is -2.63. The minimum atomic E-state index is 0.0704. The lowest BCUT2D eigenvalue weighted by Gasteiger charge is -2.55. The molecule has 0 atom stereocenters. The molecule has 0 aromatic carbocycles. The molecule has 2 aromatic rings. The first-order valence-corrected chi connectivity index (χ1v) is 31.1. The van der Waals surface area contributed by atoms with Gasteiger partial charge in [0.15, 0.2) is 0 Å². The van der Waals surface area contributed by atoms with Crippen molar-refractivity contribution in [1.82, 2.24) is 60.1 Å². The van der Waals surface area contributed by atoms with Crippen LogP contribution in [0.5, 0.6) is 0 Å². The molecule has 0 bridgehead atoms. The summed E-state index contributed by atoms with van der Waals surface area (Å²) in [6, 6.07) is 2.10. The van der Waals surface area contributed by atoms with E-state index >= 15 is 0 Å². The van der Waals surface area contributed by atoms with E-state index in [2.05, 4.69) is 194 Å². The van der Waals surface area contributed by atoms with Crippen molar-refractivity contribution in [3.8, 4) is 0 Å². The average molecular weight is 1100 g/mol. The van der Waals surface area contributed by atoms with Gasteiger partial charge in [0.05, 0.1) is 0 Å². The van der Waals surface area contributed by atoms with Crippen molar-refractivity contribution < 1.29 is 0 Å². The highest BCUT2D eigenvalue weighted by molar-refractivity contribution is 5.40. The molecule has 16 heteroatoms. The summed E-state index contributed by atoms with van der Waals surface area (Å²) in [5.74, 6) is 4.61. The highest BCUT2D eigenvalue weighted by atomic mass is 15.4. The zero-order valence-corrected chi connectivity index (χ0v) is 55.8. The maximum absolute atomic E-state index is 4.95. The minimum Gasteiger partial charge on any atom is -0.357 e. The maximum atomic E-state index is 4.95. The quantitative estimate of drug-likeness (QED) is 0.0964. The van der Waals surface area contributed by atoms with Gasteiger partial charge in [-0.3, -0.25) is 9.80 Å². The third-order valence-electron chi connectivity index (χ3n) is 19.0. The van der Waals surface area contributed by atoms with Gasteiger partial charge in [0.25, 0.3) is 0 Å². The number of unbranched alkanes of at least 4 members (excludes halogenated alkanes) is 6. The van der Waals surface area contributed by atoms with Crippen molar-refractivity contribution in [2.45, 2.75) is 296 Å². The molecular weight excluding hydrogens is 981 g/mol. The van der Waals surface area contributed by atoms with Gasteiger partial charge in [-0.05, 0) is 243 Å². The fourth-order valence-electron chi connectivity index (χ4n) is 15.0. The van der Waals surface area contributed by atoms with Crippen LogP contribution >= 0.6 is 0 Å². The van der Waals surface area contributed by atoms with E-state index in [0.717, 1.165) is 81.1 Å². The number of rotatable bonds is 22. The van der Waals surface area contributed by atoms with Gasteiger partial charge in [-0.25, -0.2) is 0 Å². The molecule has 4 saturated heterocycles. The monoisotopic (exact) mass is 1100 g/mol. The third kappa shape index (κ3) is 19.0. The van der Waals surface area contributed by atoms with Crippen LogP contribution in [0.3, 0.4) is 0 Å². The molecule has 16 nitrogen and oxygen atoms in total. The summed E-state index contributed by atoms with van der Waals surface area (Å²) in [6.07, 6.45) is 19.1. The predicted octanol–water partition coefficient (Wildman–Crippen LogP) is 11.0. The number of anilines is 4. The van der Waals surface area contributed by atoms with Crippen LogP contribution in [0.1, 0.15) is 225 Å². The van der Waals surface area contributed by atoms with Crippen LogP contribution in [0.15, 0.2) is 0 Å². The van der Waals surface area contributed by atoms with Gasteiger partial charge in [0, 0.05) is 103 Å². The van der Waals surface area contributed by atoms with Crippen LogP contribution in [-0.4, -0.2) is 193 Å². The van der Waals surface area contributed by atoms with Gasteiger partial charge in [0.1, 0.15) is 11.6 Å². The summed E-state index contributed by atoms with van der Waals surface area (Å²) in [7, 11) is 15.1. The summed E-state index contributed by atoms with van der Waals surface area (Å²) in [5.41, 5.74) is 1.23. The Labute approximate surface area is 485 Å². The second-order valence-corrected chi connectivity index (χ2v) is 30.7. The van der Waals surface area contributed by atoms with Crippen molar-refractivity contribution in [3.63, 3.8) is 0 Å². The van der Waals surface area contributed by atoms with Crippen molar-refractivity contribution in [3.05, 3.63) is 11.6 Å². The van der Waals surface area contributed by atoms with Crippen LogP contribution in [0.2, 0.25) is 0 Å². The average Bonchev–Trinajstić information content (AvgIpc) is 3.34. The summed E-state index contributed by atoms with van der Waals surface area (Å²) >= 11 is 0. The molecule has 0 saturated carbocycles. The number of hydrogen-bond donors (Lipinski definition) is 3. The van der Waals surface area contributed by atoms with Crippen LogP contribution in [0, 0.1) is 13.8 Å². The summed E-state index contributed by atoms with van der Waals surface area (Å²) in [6.45, 7) is 46.1. The smallest absolute Gasteiger partial charge is 0.230 e. The van der Waals surface area contributed by atoms with E-state index in [1.807, 2.05) is 39.9 Å². The van der Waals surface area contributed by atoms with Crippen molar-refractivity contribution in [1.29, 1.82) is 0 Å². The normalized spacial score (nSPS) is 23.1. The van der Waals surface area contributed by atoms with E-state index < -0.39 is 0 Å². The SMILES string of the molecule is CNc1nc(C)nc(N(CCCCCCN(C)C2CC(C)(C)NC(C)(C)C2)C2CC(C)(C)NC(C)(C)C2)n1.Cc1nc(N(C)C)nc(N(CCCCCCN(C)C2CC(C)(C)N(C)C(C)(C)C2)C2CC(C)(C)N(C)C(C)(C)C2)n1. The van der Waals surface area contributed by atoms with Gasteiger partial charge in [-0.2, -0.15) is 29.9 Å². The van der Waals surface area contributed by atoms with Gasteiger partial charge >= 0.3 is 0 Å².